The molecule has 0 aromatic heterocycles. The van der Waals surface area contributed by atoms with Gasteiger partial charge in [0.25, 0.3) is 0 Å². The molecular formula is C14H26N2O. The molecule has 98 valence electrons. The summed E-state index contributed by atoms with van der Waals surface area (Å²) in [6.45, 7) is 5.37. The summed E-state index contributed by atoms with van der Waals surface area (Å²) in [5.41, 5.74) is 0.0729. The molecule has 1 saturated carbocycles. The van der Waals surface area contributed by atoms with E-state index in [1.54, 1.807) is 0 Å². The molecule has 2 aliphatic rings. The Morgan fingerprint density at radius 2 is 2.00 bits per heavy atom. The lowest BCUT2D eigenvalue weighted by molar-refractivity contribution is -0.128. The van der Waals surface area contributed by atoms with Crippen LogP contribution in [-0.2, 0) is 4.79 Å². The van der Waals surface area contributed by atoms with Crippen molar-refractivity contribution in [2.75, 3.05) is 6.54 Å². The van der Waals surface area contributed by atoms with Crippen LogP contribution >= 0.6 is 0 Å². The Bertz CT molecular complexity index is 271. The average Bonchev–Trinajstić information content (AvgIpc) is 2.29. The lowest BCUT2D eigenvalue weighted by Gasteiger charge is -2.37. The summed E-state index contributed by atoms with van der Waals surface area (Å²) in [4.78, 5) is 12.3. The van der Waals surface area contributed by atoms with Gasteiger partial charge in [-0.25, -0.2) is 0 Å². The summed E-state index contributed by atoms with van der Waals surface area (Å²) in [6.07, 6.45) is 8.14. The Hall–Kier alpha value is -0.570. The molecule has 3 heteroatoms. The summed E-state index contributed by atoms with van der Waals surface area (Å²) in [6, 6.07) is 0.485. The van der Waals surface area contributed by atoms with Gasteiger partial charge < -0.3 is 10.6 Å². The van der Waals surface area contributed by atoms with E-state index in [1.165, 1.54) is 19.3 Å². The van der Waals surface area contributed by atoms with E-state index in [2.05, 4.69) is 24.5 Å². The van der Waals surface area contributed by atoms with Gasteiger partial charge in [-0.3, -0.25) is 4.79 Å². The van der Waals surface area contributed by atoms with Gasteiger partial charge in [-0.1, -0.05) is 19.3 Å². The van der Waals surface area contributed by atoms with Gasteiger partial charge in [-0.05, 0) is 46.1 Å². The van der Waals surface area contributed by atoms with E-state index in [0.717, 1.165) is 32.2 Å². The van der Waals surface area contributed by atoms with Crippen LogP contribution in [0.2, 0.25) is 0 Å². The molecule has 1 amide bonds. The molecule has 1 aliphatic heterocycles. The lowest BCUT2D eigenvalue weighted by atomic mass is 9.82. The first-order chi connectivity index (χ1) is 8.09. The second-order valence-corrected chi connectivity index (χ2v) is 6.19. The molecule has 0 radical (unpaired) electrons. The largest absolute Gasteiger partial charge is 0.351 e. The molecule has 2 fully saturated rings. The summed E-state index contributed by atoms with van der Waals surface area (Å²) in [5, 5.41) is 6.72. The van der Waals surface area contributed by atoms with Gasteiger partial charge in [0.2, 0.25) is 5.91 Å². The third kappa shape index (κ3) is 3.44. The van der Waals surface area contributed by atoms with E-state index >= 15 is 0 Å². The maximum Gasteiger partial charge on any atom is 0.223 e. The quantitative estimate of drug-likeness (QED) is 0.774. The van der Waals surface area contributed by atoms with Crippen LogP contribution in [0.5, 0.6) is 0 Å². The maximum absolute atomic E-state index is 12.3. The van der Waals surface area contributed by atoms with E-state index in [-0.39, 0.29) is 11.5 Å². The molecule has 3 nitrogen and oxygen atoms in total. The summed E-state index contributed by atoms with van der Waals surface area (Å²) >= 11 is 0. The van der Waals surface area contributed by atoms with Crippen molar-refractivity contribution in [1.82, 2.24) is 10.6 Å². The van der Waals surface area contributed by atoms with Crippen molar-refractivity contribution in [3.8, 4) is 0 Å². The number of piperidine rings is 1. The van der Waals surface area contributed by atoms with Gasteiger partial charge in [0.05, 0.1) is 0 Å². The SMILES string of the molecule is C[C@H]1C[C@@H](C(=O)NC2(C)CCCCC2)CCN1. The Kier molecular flexibility index (Phi) is 4.08. The van der Waals surface area contributed by atoms with E-state index in [1.807, 2.05) is 0 Å². The minimum absolute atomic E-state index is 0.0729. The lowest BCUT2D eigenvalue weighted by Crippen LogP contribution is -2.51. The Labute approximate surface area is 105 Å². The smallest absolute Gasteiger partial charge is 0.223 e. The van der Waals surface area contributed by atoms with Crippen molar-refractivity contribution in [3.63, 3.8) is 0 Å². The van der Waals surface area contributed by atoms with Crippen molar-refractivity contribution in [2.45, 2.75) is 70.4 Å². The minimum Gasteiger partial charge on any atom is -0.351 e. The van der Waals surface area contributed by atoms with Crippen LogP contribution in [0.3, 0.4) is 0 Å². The zero-order chi connectivity index (χ0) is 12.3. The van der Waals surface area contributed by atoms with Crippen LogP contribution in [0, 0.1) is 5.92 Å². The Morgan fingerprint density at radius 3 is 2.65 bits per heavy atom. The predicted octanol–water partition coefficient (Wildman–Crippen LogP) is 2.21. The van der Waals surface area contributed by atoms with Crippen molar-refractivity contribution in [1.29, 1.82) is 0 Å². The molecule has 17 heavy (non-hydrogen) atoms. The summed E-state index contributed by atoms with van der Waals surface area (Å²) < 4.78 is 0. The van der Waals surface area contributed by atoms with Crippen LogP contribution in [0.4, 0.5) is 0 Å². The second kappa shape index (κ2) is 5.38. The van der Waals surface area contributed by atoms with Crippen molar-refractivity contribution < 1.29 is 4.79 Å². The van der Waals surface area contributed by atoms with E-state index in [9.17, 15) is 4.79 Å². The normalized spacial score (nSPS) is 33.1. The van der Waals surface area contributed by atoms with Gasteiger partial charge >= 0.3 is 0 Å². The first-order valence-electron chi connectivity index (χ1n) is 7.14. The number of carbonyl (C=O) groups is 1. The minimum atomic E-state index is 0.0729. The fraction of sp³-hybridized carbons (Fsp3) is 0.929. The molecule has 1 aliphatic carbocycles. The molecule has 2 N–H and O–H groups in total. The Morgan fingerprint density at radius 1 is 1.29 bits per heavy atom. The first kappa shape index (κ1) is 12.9. The number of rotatable bonds is 2. The molecule has 1 saturated heterocycles. The summed E-state index contributed by atoms with van der Waals surface area (Å²) in [7, 11) is 0. The summed E-state index contributed by atoms with van der Waals surface area (Å²) in [5.74, 6) is 0.521. The van der Waals surface area contributed by atoms with E-state index in [0.29, 0.717) is 11.9 Å². The van der Waals surface area contributed by atoms with Gasteiger partial charge in [0, 0.05) is 17.5 Å². The van der Waals surface area contributed by atoms with Crippen LogP contribution in [0.15, 0.2) is 0 Å². The van der Waals surface area contributed by atoms with Crippen LogP contribution in [0.25, 0.3) is 0 Å². The van der Waals surface area contributed by atoms with E-state index < -0.39 is 0 Å². The highest BCUT2D eigenvalue weighted by Gasteiger charge is 2.32. The molecule has 0 spiro atoms. The zero-order valence-electron chi connectivity index (χ0n) is 11.2. The number of amides is 1. The maximum atomic E-state index is 12.3. The average molecular weight is 238 g/mol. The highest BCUT2D eigenvalue weighted by molar-refractivity contribution is 5.79. The van der Waals surface area contributed by atoms with E-state index in [4.69, 9.17) is 0 Å². The number of hydrogen-bond acceptors (Lipinski definition) is 2. The fourth-order valence-corrected chi connectivity index (χ4v) is 3.23. The molecule has 1 heterocycles. The fourth-order valence-electron chi connectivity index (χ4n) is 3.23. The zero-order valence-corrected chi connectivity index (χ0v) is 11.2. The molecule has 0 bridgehead atoms. The topological polar surface area (TPSA) is 41.1 Å². The van der Waals surface area contributed by atoms with Crippen LogP contribution in [-0.4, -0.2) is 24.0 Å². The van der Waals surface area contributed by atoms with Crippen molar-refractivity contribution in [3.05, 3.63) is 0 Å². The van der Waals surface area contributed by atoms with Crippen LogP contribution < -0.4 is 10.6 Å². The second-order valence-electron chi connectivity index (χ2n) is 6.19. The molecule has 0 aromatic rings. The number of carbonyl (C=O) groups excluding carboxylic acids is 1. The van der Waals surface area contributed by atoms with Gasteiger partial charge in [0.15, 0.2) is 0 Å². The Balaban J connectivity index is 1.87. The van der Waals surface area contributed by atoms with Crippen LogP contribution in [0.1, 0.15) is 58.8 Å². The molecule has 0 unspecified atom stereocenters. The highest BCUT2D eigenvalue weighted by Crippen LogP contribution is 2.28. The molecule has 2 rings (SSSR count). The van der Waals surface area contributed by atoms with Crippen molar-refractivity contribution >= 4 is 5.91 Å². The highest BCUT2D eigenvalue weighted by atomic mass is 16.2. The predicted molar refractivity (Wildman–Crippen MR) is 69.8 cm³/mol. The van der Waals surface area contributed by atoms with Gasteiger partial charge in [-0.2, -0.15) is 0 Å². The molecule has 2 atom stereocenters. The number of nitrogens with one attached hydrogen (secondary N) is 2. The first-order valence-corrected chi connectivity index (χ1v) is 7.14. The monoisotopic (exact) mass is 238 g/mol. The van der Waals surface area contributed by atoms with Crippen molar-refractivity contribution in [2.24, 2.45) is 5.92 Å². The standard InChI is InChI=1S/C14H26N2O/c1-11-10-12(6-9-15-11)13(17)16-14(2)7-4-3-5-8-14/h11-12,15H,3-10H2,1-2H3,(H,16,17)/t11-,12-/m0/s1. The third-order valence-electron chi connectivity index (χ3n) is 4.38. The number of hydrogen-bond donors (Lipinski definition) is 2. The molecule has 0 aromatic carbocycles. The van der Waals surface area contributed by atoms with Gasteiger partial charge in [0.1, 0.15) is 0 Å². The van der Waals surface area contributed by atoms with Gasteiger partial charge in [-0.15, -0.1) is 0 Å². The molecular weight excluding hydrogens is 212 g/mol. The third-order valence-corrected chi connectivity index (χ3v) is 4.38.